The molecule has 2 fully saturated rings. The Morgan fingerprint density at radius 1 is 1.24 bits per heavy atom. The fourth-order valence-corrected chi connectivity index (χ4v) is 5.66. The molecule has 0 bridgehead atoms. The maximum Gasteiger partial charge on any atom is 0.255 e. The van der Waals surface area contributed by atoms with Crippen LogP contribution in [0.15, 0.2) is 23.6 Å². The lowest BCUT2D eigenvalue weighted by Gasteiger charge is -2.34. The predicted molar refractivity (Wildman–Crippen MR) is 136 cm³/mol. The molecule has 1 aromatic carbocycles. The minimum Gasteiger partial charge on any atom is -0.380 e. The summed E-state index contributed by atoms with van der Waals surface area (Å²) in [6.07, 6.45) is -0.873. The number of nitrogens with zero attached hydrogens (tertiary/aromatic N) is 4. The number of anilines is 2. The molecule has 0 radical (unpaired) electrons. The Morgan fingerprint density at radius 2 is 2.00 bits per heavy atom. The summed E-state index contributed by atoms with van der Waals surface area (Å²) in [5.74, 6) is -1.82. The Kier molecular flexibility index (Phi) is 8.58. The highest BCUT2D eigenvalue weighted by atomic mass is 32.1. The average molecular weight is 531 g/mol. The summed E-state index contributed by atoms with van der Waals surface area (Å²) in [5.41, 5.74) is 1.69. The van der Waals surface area contributed by atoms with E-state index in [1.807, 2.05) is 16.3 Å². The molecule has 4 rings (SSSR count). The van der Waals surface area contributed by atoms with Crippen molar-refractivity contribution < 1.29 is 24.2 Å². The van der Waals surface area contributed by atoms with Crippen LogP contribution >= 0.6 is 11.3 Å². The molecule has 12 heteroatoms. The van der Waals surface area contributed by atoms with E-state index in [2.05, 4.69) is 15.6 Å². The van der Waals surface area contributed by atoms with E-state index in [1.54, 1.807) is 13.1 Å². The number of aliphatic hydroxyl groups is 2. The van der Waals surface area contributed by atoms with Gasteiger partial charge in [0.05, 0.1) is 23.0 Å². The summed E-state index contributed by atoms with van der Waals surface area (Å²) in [6, 6.07) is 5.87. The van der Waals surface area contributed by atoms with E-state index in [4.69, 9.17) is 0 Å². The second-order valence-electron chi connectivity index (χ2n) is 9.36. The van der Waals surface area contributed by atoms with Gasteiger partial charge in [0.25, 0.3) is 11.8 Å². The molecule has 2 aromatic rings. The lowest BCUT2D eigenvalue weighted by molar-refractivity contribution is -0.154. The number of aliphatic hydroxyl groups excluding tert-OH is 2. The number of hydrogen-bond acceptors (Lipinski definition) is 9. The molecule has 0 saturated carbocycles. The number of halogens is 1. The molecule has 2 amide bonds. The molecule has 0 spiro atoms. The number of benzene rings is 1. The summed E-state index contributed by atoms with van der Waals surface area (Å²) >= 11 is 1.42. The minimum atomic E-state index is -1.88. The standard InChI is InChI=1S/C25H31FN6O4S/c1-28-25-30-18(14-37-25)20-3-2-8-32(20)24(36)22(34)21(33)23(35)29-13-15-6-9-31(10-7-15)19-5-4-17(26)11-16(19)12-27/h4-5,11,14-15,20-22,33-34H,2-3,6-10,13H2,1H3,(H,28,30)(H,29,35)/t20-,21-,22-/m1/s1. The zero-order chi connectivity index (χ0) is 26.5. The number of nitrogens with one attached hydrogen (secondary N) is 2. The fraction of sp³-hybridized carbons (Fsp3) is 0.520. The number of carbonyl (C=O) groups excluding carboxylic acids is 2. The predicted octanol–water partition coefficient (Wildman–Crippen LogP) is 1.61. The highest BCUT2D eigenvalue weighted by Gasteiger charge is 2.39. The van der Waals surface area contributed by atoms with Crippen molar-refractivity contribution in [2.24, 2.45) is 5.92 Å². The first-order valence-electron chi connectivity index (χ1n) is 12.3. The normalized spacial score (nSPS) is 19.8. The molecule has 3 heterocycles. The number of rotatable bonds is 8. The second kappa shape index (κ2) is 11.9. The third-order valence-electron chi connectivity index (χ3n) is 7.03. The van der Waals surface area contributed by atoms with Gasteiger partial charge in [-0.15, -0.1) is 11.3 Å². The van der Waals surface area contributed by atoms with Gasteiger partial charge in [0.15, 0.2) is 17.3 Å². The van der Waals surface area contributed by atoms with Crippen LogP contribution in [0.3, 0.4) is 0 Å². The Bertz CT molecular complexity index is 1160. The first kappa shape index (κ1) is 26.8. The molecule has 2 aliphatic rings. The molecule has 10 nitrogen and oxygen atoms in total. The monoisotopic (exact) mass is 530 g/mol. The van der Waals surface area contributed by atoms with Crippen LogP contribution in [0.5, 0.6) is 0 Å². The van der Waals surface area contributed by atoms with Crippen molar-refractivity contribution in [1.82, 2.24) is 15.2 Å². The van der Waals surface area contributed by atoms with Crippen LogP contribution in [0.25, 0.3) is 0 Å². The van der Waals surface area contributed by atoms with Crippen LogP contribution in [-0.4, -0.2) is 77.3 Å². The van der Waals surface area contributed by atoms with Gasteiger partial charge >= 0.3 is 0 Å². The maximum absolute atomic E-state index is 13.4. The number of carbonyl (C=O) groups is 2. The zero-order valence-electron chi connectivity index (χ0n) is 20.6. The van der Waals surface area contributed by atoms with Gasteiger partial charge in [-0.1, -0.05) is 0 Å². The van der Waals surface area contributed by atoms with Crippen molar-refractivity contribution in [3.8, 4) is 6.07 Å². The third-order valence-corrected chi connectivity index (χ3v) is 7.91. The molecule has 0 unspecified atom stereocenters. The van der Waals surface area contributed by atoms with Crippen molar-refractivity contribution in [2.75, 3.05) is 43.4 Å². The highest BCUT2D eigenvalue weighted by Crippen LogP contribution is 2.34. The fourth-order valence-electron chi connectivity index (χ4n) is 4.94. The SMILES string of the molecule is CNc1nc([C@H]2CCCN2C(=O)[C@H](O)[C@@H](O)C(=O)NCC2CCN(c3ccc(F)cc3C#N)CC2)cs1. The number of aromatic nitrogens is 1. The summed E-state index contributed by atoms with van der Waals surface area (Å²) in [6.45, 7) is 1.97. The number of thiazole rings is 1. The number of likely N-dealkylation sites (tertiary alicyclic amines) is 1. The lowest BCUT2D eigenvalue weighted by atomic mass is 9.95. The first-order chi connectivity index (χ1) is 17.8. The van der Waals surface area contributed by atoms with E-state index >= 15 is 0 Å². The first-order valence-corrected chi connectivity index (χ1v) is 13.2. The van der Waals surface area contributed by atoms with Gasteiger partial charge in [-0.25, -0.2) is 9.37 Å². The van der Waals surface area contributed by atoms with Gasteiger partial charge < -0.3 is 30.6 Å². The van der Waals surface area contributed by atoms with Crippen LogP contribution < -0.4 is 15.5 Å². The van der Waals surface area contributed by atoms with Gasteiger partial charge in [0, 0.05) is 38.6 Å². The Hall–Kier alpha value is -3.27. The van der Waals surface area contributed by atoms with Gasteiger partial charge in [0.1, 0.15) is 11.9 Å². The summed E-state index contributed by atoms with van der Waals surface area (Å²) in [7, 11) is 1.76. The number of piperidine rings is 1. The topological polar surface area (TPSA) is 142 Å². The van der Waals surface area contributed by atoms with Gasteiger partial charge in [-0.3, -0.25) is 9.59 Å². The van der Waals surface area contributed by atoms with Crippen molar-refractivity contribution >= 4 is 34.0 Å². The van der Waals surface area contributed by atoms with E-state index in [9.17, 15) is 29.5 Å². The Morgan fingerprint density at radius 3 is 2.68 bits per heavy atom. The Labute approximate surface area is 218 Å². The molecule has 37 heavy (non-hydrogen) atoms. The third kappa shape index (κ3) is 6.01. The van der Waals surface area contributed by atoms with Crippen LogP contribution in [0.1, 0.15) is 43.0 Å². The Balaban J connectivity index is 1.27. The second-order valence-corrected chi connectivity index (χ2v) is 10.2. The summed E-state index contributed by atoms with van der Waals surface area (Å²) in [5, 5.41) is 38.4. The molecule has 3 atom stereocenters. The van der Waals surface area contributed by atoms with Gasteiger partial charge in [-0.2, -0.15) is 5.26 Å². The van der Waals surface area contributed by atoms with E-state index in [0.29, 0.717) is 31.7 Å². The molecule has 0 aliphatic carbocycles. The minimum absolute atomic E-state index is 0.125. The average Bonchev–Trinajstić information content (AvgIpc) is 3.60. The molecule has 1 aromatic heterocycles. The van der Waals surface area contributed by atoms with E-state index in [0.717, 1.165) is 30.1 Å². The van der Waals surface area contributed by atoms with Crippen molar-refractivity contribution in [2.45, 2.75) is 43.9 Å². The van der Waals surface area contributed by atoms with Crippen LogP contribution in [-0.2, 0) is 9.59 Å². The van der Waals surface area contributed by atoms with Crippen molar-refractivity contribution in [3.05, 3.63) is 40.7 Å². The van der Waals surface area contributed by atoms with E-state index < -0.39 is 29.8 Å². The number of amides is 2. The molecule has 2 saturated heterocycles. The molecule has 2 aliphatic heterocycles. The maximum atomic E-state index is 13.4. The van der Waals surface area contributed by atoms with Gasteiger partial charge in [0.2, 0.25) is 0 Å². The lowest BCUT2D eigenvalue weighted by Crippen LogP contribution is -2.51. The zero-order valence-corrected chi connectivity index (χ0v) is 21.4. The quantitative estimate of drug-likeness (QED) is 0.403. The van der Waals surface area contributed by atoms with E-state index in [-0.39, 0.29) is 24.1 Å². The molecular formula is C25H31FN6O4S. The van der Waals surface area contributed by atoms with Crippen LogP contribution in [0.2, 0.25) is 0 Å². The summed E-state index contributed by atoms with van der Waals surface area (Å²) in [4.78, 5) is 33.4. The molecular weight excluding hydrogens is 499 g/mol. The smallest absolute Gasteiger partial charge is 0.255 e. The number of hydrogen-bond donors (Lipinski definition) is 4. The van der Waals surface area contributed by atoms with Crippen LogP contribution in [0, 0.1) is 23.1 Å². The summed E-state index contributed by atoms with van der Waals surface area (Å²) < 4.78 is 13.4. The number of nitriles is 1. The van der Waals surface area contributed by atoms with Gasteiger partial charge in [-0.05, 0) is 49.8 Å². The van der Waals surface area contributed by atoms with Crippen LogP contribution in [0.4, 0.5) is 15.2 Å². The largest absolute Gasteiger partial charge is 0.380 e. The molecule has 4 N–H and O–H groups in total. The van der Waals surface area contributed by atoms with E-state index in [1.165, 1.54) is 28.4 Å². The molecule has 198 valence electrons. The van der Waals surface area contributed by atoms with Crippen molar-refractivity contribution in [3.63, 3.8) is 0 Å². The van der Waals surface area contributed by atoms with Crippen molar-refractivity contribution in [1.29, 1.82) is 5.26 Å². The highest BCUT2D eigenvalue weighted by molar-refractivity contribution is 7.13.